The quantitative estimate of drug-likeness (QED) is 0.0262. The van der Waals surface area contributed by atoms with E-state index in [1.165, 1.54) is 83.5 Å². The van der Waals surface area contributed by atoms with Crippen molar-refractivity contribution in [3.05, 3.63) is 109 Å². The number of carbonyl (C=O) groups excluding carboxylic acids is 3. The maximum Gasteiger partial charge on any atom is 0.306 e. The van der Waals surface area contributed by atoms with Crippen LogP contribution in [0.5, 0.6) is 0 Å². The first-order valence-corrected chi connectivity index (χ1v) is 27.9. The van der Waals surface area contributed by atoms with Gasteiger partial charge in [0.15, 0.2) is 6.10 Å². The summed E-state index contributed by atoms with van der Waals surface area (Å²) in [6.07, 6.45) is 75.0. The molecule has 0 saturated heterocycles. The molecule has 0 aliphatic heterocycles. The van der Waals surface area contributed by atoms with Crippen LogP contribution in [0.2, 0.25) is 0 Å². The minimum Gasteiger partial charge on any atom is -0.462 e. The fourth-order valence-corrected chi connectivity index (χ4v) is 7.22. The third-order valence-electron chi connectivity index (χ3n) is 11.5. The minimum atomic E-state index is -0.820. The van der Waals surface area contributed by atoms with E-state index in [0.29, 0.717) is 19.3 Å². The van der Waals surface area contributed by atoms with Crippen molar-refractivity contribution < 1.29 is 28.6 Å². The van der Waals surface area contributed by atoms with E-state index in [4.69, 9.17) is 14.2 Å². The number of unbranched alkanes of at least 4 members (excludes halogenated alkanes) is 20. The largest absolute Gasteiger partial charge is 0.462 e. The lowest BCUT2D eigenvalue weighted by Gasteiger charge is -2.18. The van der Waals surface area contributed by atoms with Crippen molar-refractivity contribution in [3.8, 4) is 0 Å². The van der Waals surface area contributed by atoms with E-state index in [9.17, 15) is 14.4 Å². The molecule has 0 unspecified atom stereocenters. The maximum atomic E-state index is 12.8. The van der Waals surface area contributed by atoms with Crippen LogP contribution in [-0.4, -0.2) is 37.2 Å². The number of ether oxygens (including phenoxy) is 3. The minimum absolute atomic E-state index is 0.113. The third-order valence-corrected chi connectivity index (χ3v) is 11.5. The van der Waals surface area contributed by atoms with Gasteiger partial charge < -0.3 is 14.2 Å². The summed E-state index contributed by atoms with van der Waals surface area (Å²) >= 11 is 0. The summed E-state index contributed by atoms with van der Waals surface area (Å²) < 4.78 is 16.8. The molecular weight excluding hydrogens is 841 g/mol. The van der Waals surface area contributed by atoms with Crippen LogP contribution in [0.15, 0.2) is 109 Å². The van der Waals surface area contributed by atoms with Crippen molar-refractivity contribution >= 4 is 17.9 Å². The second-order valence-electron chi connectivity index (χ2n) is 18.1. The van der Waals surface area contributed by atoms with Gasteiger partial charge in [-0.2, -0.15) is 0 Å². The standard InChI is InChI=1S/C62H102O6/c1-4-7-10-13-16-19-22-25-28-30-31-33-34-37-40-43-46-49-52-55-61(64)67-58-59(57-66-60(63)54-51-48-45-42-39-36-27-24-21-18-15-12-9-6-3)68-62(65)56-53-50-47-44-41-38-35-32-29-26-23-20-17-14-11-8-5-2/h15-20,24-29,31,33,35,38,44,47,59H,4-14,21-23,30,32,34,36-37,39-43,45-46,48-58H2,1-3H3/b18-15-,19-16-,20-17-,27-24-,28-25-,29-26-,33-31-,38-35-,47-44-/t59-/m1/s1. The van der Waals surface area contributed by atoms with Gasteiger partial charge in [0.1, 0.15) is 13.2 Å². The van der Waals surface area contributed by atoms with Gasteiger partial charge in [0.05, 0.1) is 0 Å². The Morgan fingerprint density at radius 1 is 0.294 bits per heavy atom. The number of carbonyl (C=O) groups is 3. The van der Waals surface area contributed by atoms with Crippen molar-refractivity contribution in [3.63, 3.8) is 0 Å². The molecule has 0 heterocycles. The average Bonchev–Trinajstić information content (AvgIpc) is 3.34. The van der Waals surface area contributed by atoms with Crippen molar-refractivity contribution in [2.24, 2.45) is 0 Å². The number of esters is 3. The molecule has 68 heavy (non-hydrogen) atoms. The van der Waals surface area contributed by atoms with E-state index in [0.717, 1.165) is 116 Å². The number of hydrogen-bond donors (Lipinski definition) is 0. The molecule has 386 valence electrons. The molecule has 0 aliphatic carbocycles. The summed E-state index contributed by atoms with van der Waals surface area (Å²) in [6.45, 7) is 6.47. The molecule has 0 spiro atoms. The molecular formula is C62H102O6. The van der Waals surface area contributed by atoms with Gasteiger partial charge >= 0.3 is 17.9 Å². The topological polar surface area (TPSA) is 78.9 Å². The fraction of sp³-hybridized carbons (Fsp3) is 0.661. The van der Waals surface area contributed by atoms with Gasteiger partial charge in [0.2, 0.25) is 0 Å². The van der Waals surface area contributed by atoms with Crippen LogP contribution in [0.1, 0.15) is 245 Å². The van der Waals surface area contributed by atoms with Crippen LogP contribution >= 0.6 is 0 Å². The molecule has 0 saturated carbocycles. The Kier molecular flexibility index (Phi) is 52.4. The molecule has 6 nitrogen and oxygen atoms in total. The van der Waals surface area contributed by atoms with E-state index >= 15 is 0 Å². The second kappa shape index (κ2) is 55.7. The highest BCUT2D eigenvalue weighted by Crippen LogP contribution is 2.13. The summed E-state index contributed by atoms with van der Waals surface area (Å²) in [4.78, 5) is 38.1. The average molecular weight is 943 g/mol. The molecule has 0 aliphatic rings. The van der Waals surface area contributed by atoms with Gasteiger partial charge in [-0.15, -0.1) is 0 Å². The molecule has 0 radical (unpaired) electrons. The van der Waals surface area contributed by atoms with Gasteiger partial charge in [0.25, 0.3) is 0 Å². The third kappa shape index (κ3) is 53.0. The Labute approximate surface area is 419 Å². The zero-order valence-corrected chi connectivity index (χ0v) is 44.1. The Balaban J connectivity index is 4.52. The van der Waals surface area contributed by atoms with Crippen LogP contribution in [0, 0.1) is 0 Å². The van der Waals surface area contributed by atoms with Crippen LogP contribution < -0.4 is 0 Å². The molecule has 0 fully saturated rings. The van der Waals surface area contributed by atoms with Crippen molar-refractivity contribution in [2.45, 2.75) is 252 Å². The lowest BCUT2D eigenvalue weighted by molar-refractivity contribution is -0.167. The number of allylic oxidation sites excluding steroid dienone is 18. The van der Waals surface area contributed by atoms with Gasteiger partial charge in [0, 0.05) is 19.3 Å². The predicted molar refractivity (Wildman–Crippen MR) is 293 cm³/mol. The predicted octanol–water partition coefficient (Wildman–Crippen LogP) is 18.7. The lowest BCUT2D eigenvalue weighted by atomic mass is 10.1. The summed E-state index contributed by atoms with van der Waals surface area (Å²) in [5, 5.41) is 0. The molecule has 0 aromatic carbocycles. The Morgan fingerprint density at radius 2 is 0.559 bits per heavy atom. The van der Waals surface area contributed by atoms with Crippen LogP contribution in [0.25, 0.3) is 0 Å². The summed E-state index contributed by atoms with van der Waals surface area (Å²) in [6, 6.07) is 0. The van der Waals surface area contributed by atoms with Gasteiger partial charge in [-0.05, 0) is 122 Å². The van der Waals surface area contributed by atoms with Crippen molar-refractivity contribution in [1.29, 1.82) is 0 Å². The Bertz CT molecular complexity index is 1410. The van der Waals surface area contributed by atoms with E-state index < -0.39 is 6.10 Å². The van der Waals surface area contributed by atoms with E-state index in [2.05, 4.69) is 130 Å². The number of rotatable bonds is 49. The second-order valence-corrected chi connectivity index (χ2v) is 18.1. The number of hydrogen-bond acceptors (Lipinski definition) is 6. The van der Waals surface area contributed by atoms with Crippen molar-refractivity contribution in [1.82, 2.24) is 0 Å². The molecule has 0 rings (SSSR count). The highest BCUT2D eigenvalue weighted by Gasteiger charge is 2.19. The fourth-order valence-electron chi connectivity index (χ4n) is 7.22. The molecule has 0 N–H and O–H groups in total. The molecule has 0 aromatic heterocycles. The SMILES string of the molecule is CCCC/C=C\C/C=C\CCCCCCCC(=O)OC[C@H](COC(=O)CCCCCCCC/C=C\C/C=C\C/C=C\CCCCC)OC(=O)CCC/C=C\C/C=C\C/C=C\C/C=C\CCCCC. The first-order chi connectivity index (χ1) is 33.5. The molecule has 0 aromatic rings. The van der Waals surface area contributed by atoms with E-state index in [-0.39, 0.29) is 37.5 Å². The molecule has 0 bridgehead atoms. The zero-order chi connectivity index (χ0) is 49.3. The highest BCUT2D eigenvalue weighted by molar-refractivity contribution is 5.71. The highest BCUT2D eigenvalue weighted by atomic mass is 16.6. The Morgan fingerprint density at radius 3 is 0.912 bits per heavy atom. The summed E-state index contributed by atoms with van der Waals surface area (Å²) in [5.41, 5.74) is 0. The zero-order valence-electron chi connectivity index (χ0n) is 44.1. The first kappa shape index (κ1) is 64.1. The monoisotopic (exact) mass is 943 g/mol. The molecule has 1 atom stereocenters. The van der Waals surface area contributed by atoms with E-state index in [1.807, 2.05) is 0 Å². The van der Waals surface area contributed by atoms with E-state index in [1.54, 1.807) is 0 Å². The normalized spacial score (nSPS) is 12.9. The van der Waals surface area contributed by atoms with Crippen LogP contribution in [0.3, 0.4) is 0 Å². The van der Waals surface area contributed by atoms with Crippen molar-refractivity contribution in [2.75, 3.05) is 13.2 Å². The smallest absolute Gasteiger partial charge is 0.306 e. The van der Waals surface area contributed by atoms with Gasteiger partial charge in [-0.25, -0.2) is 0 Å². The molecule has 0 amide bonds. The summed E-state index contributed by atoms with van der Waals surface area (Å²) in [5.74, 6) is -0.997. The maximum absolute atomic E-state index is 12.8. The summed E-state index contributed by atoms with van der Waals surface area (Å²) in [7, 11) is 0. The Hall–Kier alpha value is -3.93. The van der Waals surface area contributed by atoms with Crippen LogP contribution in [0.4, 0.5) is 0 Å². The van der Waals surface area contributed by atoms with Gasteiger partial charge in [-0.1, -0.05) is 214 Å². The lowest BCUT2D eigenvalue weighted by Crippen LogP contribution is -2.30. The van der Waals surface area contributed by atoms with Crippen LogP contribution in [-0.2, 0) is 28.6 Å². The first-order valence-electron chi connectivity index (χ1n) is 27.9. The molecule has 6 heteroatoms. The van der Waals surface area contributed by atoms with Gasteiger partial charge in [-0.3, -0.25) is 14.4 Å².